The molecule has 158 valence electrons. The summed E-state index contributed by atoms with van der Waals surface area (Å²) in [5, 5.41) is 11.8. The van der Waals surface area contributed by atoms with E-state index in [1.807, 2.05) is 47.8 Å². The number of halogens is 3. The van der Waals surface area contributed by atoms with Gasteiger partial charge in [0.25, 0.3) is 5.91 Å². The molecular formula is C22H16F3N3O2S. The van der Waals surface area contributed by atoms with Crippen LogP contribution < -0.4 is 10.1 Å². The molecule has 2 N–H and O–H groups in total. The van der Waals surface area contributed by atoms with Crippen LogP contribution in [-0.4, -0.2) is 22.5 Å². The molecule has 0 saturated carbocycles. The molecule has 2 aromatic heterocycles. The van der Waals surface area contributed by atoms with Gasteiger partial charge >= 0.3 is 6.36 Å². The molecule has 2 heterocycles. The minimum atomic E-state index is -4.91. The van der Waals surface area contributed by atoms with Crippen LogP contribution in [0.1, 0.15) is 27.5 Å². The highest BCUT2D eigenvalue weighted by Crippen LogP contribution is 2.33. The van der Waals surface area contributed by atoms with Gasteiger partial charge in [0.2, 0.25) is 0 Å². The topological polar surface area (TPSA) is 67.0 Å². The minimum absolute atomic E-state index is 0.220. The van der Waals surface area contributed by atoms with Gasteiger partial charge in [-0.25, -0.2) is 0 Å². The largest absolute Gasteiger partial charge is 0.573 e. The highest BCUT2D eigenvalue weighted by Gasteiger charge is 2.33. The number of amides is 1. The Labute approximate surface area is 179 Å². The van der Waals surface area contributed by atoms with Crippen LogP contribution in [0.3, 0.4) is 0 Å². The molecule has 9 heteroatoms. The van der Waals surface area contributed by atoms with Crippen LogP contribution in [0.25, 0.3) is 10.6 Å². The van der Waals surface area contributed by atoms with Crippen LogP contribution >= 0.6 is 11.3 Å². The maximum atomic E-state index is 13.0. The Morgan fingerprint density at radius 3 is 2.48 bits per heavy atom. The molecule has 0 fully saturated rings. The first kappa shape index (κ1) is 20.7. The van der Waals surface area contributed by atoms with E-state index in [-0.39, 0.29) is 5.56 Å². The lowest BCUT2D eigenvalue weighted by Gasteiger charge is -2.21. The molecule has 5 nitrogen and oxygen atoms in total. The van der Waals surface area contributed by atoms with Crippen molar-refractivity contribution in [1.29, 1.82) is 0 Å². The van der Waals surface area contributed by atoms with Gasteiger partial charge in [-0.05, 0) is 29.1 Å². The first-order valence-electron chi connectivity index (χ1n) is 9.20. The van der Waals surface area contributed by atoms with Gasteiger partial charge in [0.1, 0.15) is 5.75 Å². The van der Waals surface area contributed by atoms with E-state index >= 15 is 0 Å². The summed E-state index contributed by atoms with van der Waals surface area (Å²) < 4.78 is 42.4. The van der Waals surface area contributed by atoms with E-state index in [0.29, 0.717) is 5.56 Å². The highest BCUT2D eigenvalue weighted by molar-refractivity contribution is 7.13. The molecule has 1 amide bonds. The van der Waals surface area contributed by atoms with Crippen LogP contribution in [0.2, 0.25) is 0 Å². The van der Waals surface area contributed by atoms with Crippen molar-refractivity contribution in [1.82, 2.24) is 15.5 Å². The van der Waals surface area contributed by atoms with E-state index in [1.165, 1.54) is 29.5 Å². The Balaban J connectivity index is 1.71. The third kappa shape index (κ3) is 4.77. The van der Waals surface area contributed by atoms with Crippen LogP contribution in [0.15, 0.2) is 78.3 Å². The summed E-state index contributed by atoms with van der Waals surface area (Å²) in [5.74, 6) is -1.27. The molecular weight excluding hydrogens is 427 g/mol. The van der Waals surface area contributed by atoms with Gasteiger partial charge < -0.3 is 10.1 Å². The monoisotopic (exact) mass is 443 g/mol. The van der Waals surface area contributed by atoms with E-state index in [9.17, 15) is 18.0 Å². The molecule has 0 spiro atoms. The van der Waals surface area contributed by atoms with Crippen molar-refractivity contribution in [3.8, 4) is 16.3 Å². The average molecular weight is 443 g/mol. The smallest absolute Gasteiger partial charge is 0.405 e. The number of alkyl halides is 3. The number of hydrogen-bond acceptors (Lipinski definition) is 4. The summed E-state index contributed by atoms with van der Waals surface area (Å²) >= 11 is 1.50. The maximum Gasteiger partial charge on any atom is 0.573 e. The van der Waals surface area contributed by atoms with Crippen LogP contribution in [0, 0.1) is 0 Å². The van der Waals surface area contributed by atoms with Crippen molar-refractivity contribution in [3.63, 3.8) is 0 Å². The predicted octanol–water partition coefficient (Wildman–Crippen LogP) is 5.56. The minimum Gasteiger partial charge on any atom is -0.405 e. The predicted molar refractivity (Wildman–Crippen MR) is 111 cm³/mol. The molecule has 4 aromatic rings. The molecule has 1 atom stereocenters. The van der Waals surface area contributed by atoms with Gasteiger partial charge in [0.05, 0.1) is 28.4 Å². The number of rotatable bonds is 6. The van der Waals surface area contributed by atoms with Crippen molar-refractivity contribution in [2.75, 3.05) is 0 Å². The Hall–Kier alpha value is -3.59. The molecule has 0 aliphatic heterocycles. The Kier molecular flexibility index (Phi) is 5.77. The van der Waals surface area contributed by atoms with Gasteiger partial charge in [0, 0.05) is 5.56 Å². The summed E-state index contributed by atoms with van der Waals surface area (Å²) in [5.41, 5.74) is 1.95. The standard InChI is InChI=1S/C22H16F3N3O2S/c23-22(24,25)30-17-10-5-4-9-15(17)21(29)27-19(14-7-2-1-3-8-14)16-13-26-28-20(16)18-11-6-12-31-18/h1-13,19H,(H,26,28)(H,27,29). The molecule has 31 heavy (non-hydrogen) atoms. The number of nitrogens with zero attached hydrogens (tertiary/aromatic N) is 1. The van der Waals surface area contributed by atoms with Crippen LogP contribution in [-0.2, 0) is 0 Å². The third-order valence-electron chi connectivity index (χ3n) is 4.51. The number of aromatic nitrogens is 2. The van der Waals surface area contributed by atoms with Crippen molar-refractivity contribution in [2.45, 2.75) is 12.4 Å². The van der Waals surface area contributed by atoms with E-state index < -0.39 is 24.1 Å². The molecule has 0 aliphatic carbocycles. The zero-order valence-corrected chi connectivity index (χ0v) is 16.7. The molecule has 2 aromatic carbocycles. The number of H-pyrrole nitrogens is 1. The van der Waals surface area contributed by atoms with Crippen molar-refractivity contribution in [2.24, 2.45) is 0 Å². The zero-order valence-electron chi connectivity index (χ0n) is 15.9. The highest BCUT2D eigenvalue weighted by atomic mass is 32.1. The number of thiophene rings is 1. The molecule has 0 bridgehead atoms. The van der Waals surface area contributed by atoms with Gasteiger partial charge in [0.15, 0.2) is 0 Å². The number of hydrogen-bond donors (Lipinski definition) is 2. The lowest BCUT2D eigenvalue weighted by molar-refractivity contribution is -0.274. The van der Waals surface area contributed by atoms with Crippen molar-refractivity contribution in [3.05, 3.63) is 95.0 Å². The Bertz CT molecular complexity index is 1160. The fraction of sp³-hybridized carbons (Fsp3) is 0.0909. The van der Waals surface area contributed by atoms with E-state index in [4.69, 9.17) is 0 Å². The van der Waals surface area contributed by atoms with Gasteiger partial charge in [-0.15, -0.1) is 24.5 Å². The summed E-state index contributed by atoms with van der Waals surface area (Å²) in [6.07, 6.45) is -3.31. The summed E-state index contributed by atoms with van der Waals surface area (Å²) in [4.78, 5) is 14.0. The number of ether oxygens (including phenoxy) is 1. The van der Waals surface area contributed by atoms with Crippen molar-refractivity contribution >= 4 is 17.2 Å². The second-order valence-electron chi connectivity index (χ2n) is 6.54. The Morgan fingerprint density at radius 2 is 1.77 bits per heavy atom. The Morgan fingerprint density at radius 1 is 1.03 bits per heavy atom. The van der Waals surface area contributed by atoms with Gasteiger partial charge in [-0.2, -0.15) is 5.10 Å². The first-order valence-corrected chi connectivity index (χ1v) is 10.1. The van der Waals surface area contributed by atoms with Crippen LogP contribution in [0.4, 0.5) is 13.2 Å². The second kappa shape index (κ2) is 8.65. The summed E-state index contributed by atoms with van der Waals surface area (Å²) in [6.45, 7) is 0. The average Bonchev–Trinajstić information content (AvgIpc) is 3.43. The third-order valence-corrected chi connectivity index (χ3v) is 5.40. The number of benzene rings is 2. The number of para-hydroxylation sites is 1. The SMILES string of the molecule is O=C(NC(c1ccccc1)c1cn[nH]c1-c1cccs1)c1ccccc1OC(F)(F)F. The fourth-order valence-corrected chi connectivity index (χ4v) is 3.94. The van der Waals surface area contributed by atoms with Crippen LogP contribution in [0.5, 0.6) is 5.75 Å². The lowest BCUT2D eigenvalue weighted by atomic mass is 9.98. The zero-order chi connectivity index (χ0) is 21.8. The summed E-state index contributed by atoms with van der Waals surface area (Å²) in [7, 11) is 0. The van der Waals surface area contributed by atoms with Gasteiger partial charge in [-0.1, -0.05) is 48.5 Å². The molecule has 1 unspecified atom stereocenters. The summed E-state index contributed by atoms with van der Waals surface area (Å²) in [6, 6.07) is 17.5. The normalized spacial score (nSPS) is 12.4. The van der Waals surface area contributed by atoms with Gasteiger partial charge in [-0.3, -0.25) is 9.89 Å². The molecule has 0 saturated heterocycles. The molecule has 4 rings (SSSR count). The van der Waals surface area contributed by atoms with E-state index in [2.05, 4.69) is 20.3 Å². The number of nitrogens with one attached hydrogen (secondary N) is 2. The maximum absolute atomic E-state index is 13.0. The molecule has 0 radical (unpaired) electrons. The number of carbonyl (C=O) groups excluding carboxylic acids is 1. The fourth-order valence-electron chi connectivity index (χ4n) is 3.20. The van der Waals surface area contributed by atoms with Crippen molar-refractivity contribution < 1.29 is 22.7 Å². The first-order chi connectivity index (χ1) is 14.9. The second-order valence-corrected chi connectivity index (χ2v) is 7.49. The quantitative estimate of drug-likeness (QED) is 0.410. The lowest BCUT2D eigenvalue weighted by Crippen LogP contribution is -2.30. The number of aromatic amines is 1. The molecule has 0 aliphatic rings. The number of carbonyl (C=O) groups is 1. The van der Waals surface area contributed by atoms with E-state index in [0.717, 1.165) is 22.2 Å². The van der Waals surface area contributed by atoms with E-state index in [1.54, 1.807) is 6.20 Å².